The van der Waals surface area contributed by atoms with E-state index in [4.69, 9.17) is 0 Å². The van der Waals surface area contributed by atoms with E-state index in [9.17, 15) is 9.59 Å². The number of rotatable bonds is 5. The second kappa shape index (κ2) is 8.89. The van der Waals surface area contributed by atoms with Gasteiger partial charge < -0.3 is 19.4 Å². The number of piperidine rings is 1. The molecule has 0 radical (unpaired) electrons. The van der Waals surface area contributed by atoms with Crippen molar-refractivity contribution < 1.29 is 14.3 Å². The second-order valence-electron chi connectivity index (χ2n) is 7.37. The maximum atomic E-state index is 13.0. The van der Waals surface area contributed by atoms with Crippen LogP contribution in [0.2, 0.25) is 0 Å². The molecule has 8 nitrogen and oxygen atoms in total. The Morgan fingerprint density at radius 2 is 1.86 bits per heavy atom. The van der Waals surface area contributed by atoms with Crippen molar-refractivity contribution in [2.45, 2.75) is 18.9 Å². The summed E-state index contributed by atoms with van der Waals surface area (Å²) in [5.41, 5.74) is 1.99. The smallest absolute Gasteiger partial charge is 0.341 e. The zero-order valence-electron chi connectivity index (χ0n) is 17.3. The highest BCUT2D eigenvalue weighted by atomic mass is 16.5. The number of esters is 1. The molecule has 0 bridgehead atoms. The molecular formula is C21H27N5O3. The van der Waals surface area contributed by atoms with E-state index in [-0.39, 0.29) is 11.9 Å². The fourth-order valence-corrected chi connectivity index (χ4v) is 3.45. The molecule has 1 atom stereocenters. The van der Waals surface area contributed by atoms with Crippen molar-refractivity contribution in [3.8, 4) is 0 Å². The molecule has 29 heavy (non-hydrogen) atoms. The highest BCUT2D eigenvalue weighted by Crippen LogP contribution is 2.21. The Hall–Kier alpha value is -3.16. The molecule has 1 aromatic carbocycles. The van der Waals surface area contributed by atoms with Crippen molar-refractivity contribution in [1.82, 2.24) is 14.9 Å². The maximum Gasteiger partial charge on any atom is 0.341 e. The van der Waals surface area contributed by atoms with Crippen molar-refractivity contribution in [3.05, 3.63) is 47.8 Å². The summed E-state index contributed by atoms with van der Waals surface area (Å²) in [6, 6.07) is 7.70. The van der Waals surface area contributed by atoms with Gasteiger partial charge in [-0.05, 0) is 31.0 Å². The number of anilines is 2. The van der Waals surface area contributed by atoms with Gasteiger partial charge in [-0.15, -0.1) is 0 Å². The normalized spacial score (nSPS) is 16.3. The summed E-state index contributed by atoms with van der Waals surface area (Å²) in [6.45, 7) is 1.46. The van der Waals surface area contributed by atoms with Crippen LogP contribution in [-0.2, 0) is 4.74 Å². The summed E-state index contributed by atoms with van der Waals surface area (Å²) in [5, 5.41) is 0. The molecule has 0 saturated carbocycles. The van der Waals surface area contributed by atoms with Crippen LogP contribution >= 0.6 is 0 Å². The SMILES string of the molecule is COC(=O)c1cnc(N2CCCC(N(C)C(=O)c3cccc(N(C)C)c3)C2)nc1. The minimum atomic E-state index is -0.460. The Morgan fingerprint density at radius 1 is 1.14 bits per heavy atom. The summed E-state index contributed by atoms with van der Waals surface area (Å²) < 4.78 is 4.68. The van der Waals surface area contributed by atoms with Gasteiger partial charge in [-0.1, -0.05) is 6.07 Å². The van der Waals surface area contributed by atoms with Crippen molar-refractivity contribution in [1.29, 1.82) is 0 Å². The fraction of sp³-hybridized carbons (Fsp3) is 0.429. The number of amides is 1. The zero-order valence-corrected chi connectivity index (χ0v) is 17.3. The first kappa shape index (κ1) is 20.6. The molecule has 2 heterocycles. The predicted molar refractivity (Wildman–Crippen MR) is 111 cm³/mol. The van der Waals surface area contributed by atoms with E-state index in [1.807, 2.05) is 55.2 Å². The van der Waals surface area contributed by atoms with Gasteiger partial charge in [-0.2, -0.15) is 0 Å². The monoisotopic (exact) mass is 397 g/mol. The van der Waals surface area contributed by atoms with Crippen LogP contribution in [0.1, 0.15) is 33.6 Å². The molecule has 1 amide bonds. The highest BCUT2D eigenvalue weighted by Gasteiger charge is 2.28. The van der Waals surface area contributed by atoms with Crippen LogP contribution in [0.3, 0.4) is 0 Å². The number of nitrogens with zero attached hydrogens (tertiary/aromatic N) is 5. The molecule has 1 aliphatic heterocycles. The van der Waals surface area contributed by atoms with Gasteiger partial charge in [0, 0.05) is 63.9 Å². The average molecular weight is 397 g/mol. The summed E-state index contributed by atoms with van der Waals surface area (Å²) in [5.74, 6) is 0.0960. The van der Waals surface area contributed by atoms with Crippen LogP contribution in [0.5, 0.6) is 0 Å². The van der Waals surface area contributed by atoms with E-state index < -0.39 is 5.97 Å². The molecule has 1 aliphatic rings. The Balaban J connectivity index is 1.70. The standard InChI is InChI=1S/C21H27N5O3/c1-24(2)17-8-5-7-15(11-17)19(27)25(3)18-9-6-10-26(14-18)21-22-12-16(13-23-21)20(28)29-4/h5,7-8,11-13,18H,6,9-10,14H2,1-4H3. The molecule has 0 N–H and O–H groups in total. The van der Waals surface area contributed by atoms with E-state index >= 15 is 0 Å². The van der Waals surface area contributed by atoms with Crippen molar-refractivity contribution in [2.24, 2.45) is 0 Å². The summed E-state index contributed by atoms with van der Waals surface area (Å²) in [7, 11) is 7.09. The molecule has 1 fully saturated rings. The Bertz CT molecular complexity index is 869. The summed E-state index contributed by atoms with van der Waals surface area (Å²) >= 11 is 0. The van der Waals surface area contributed by atoms with Gasteiger partial charge in [0.1, 0.15) is 0 Å². The number of methoxy groups -OCH3 is 1. The van der Waals surface area contributed by atoms with Crippen LogP contribution in [-0.4, -0.2) is 74.1 Å². The molecule has 3 rings (SSSR count). The quantitative estimate of drug-likeness (QED) is 0.715. The number of carbonyl (C=O) groups is 2. The molecule has 1 unspecified atom stereocenters. The Kier molecular flexibility index (Phi) is 6.31. The highest BCUT2D eigenvalue weighted by molar-refractivity contribution is 5.95. The minimum Gasteiger partial charge on any atom is -0.465 e. The van der Waals surface area contributed by atoms with Crippen molar-refractivity contribution >= 4 is 23.5 Å². The molecule has 1 aromatic heterocycles. The molecular weight excluding hydrogens is 370 g/mol. The molecule has 8 heteroatoms. The third kappa shape index (κ3) is 4.64. The molecule has 0 spiro atoms. The number of hydrogen-bond donors (Lipinski definition) is 0. The van der Waals surface area contributed by atoms with Gasteiger partial charge in [0.15, 0.2) is 0 Å². The molecule has 1 saturated heterocycles. The van der Waals surface area contributed by atoms with Crippen LogP contribution in [0, 0.1) is 0 Å². The minimum absolute atomic E-state index is 0.00232. The van der Waals surface area contributed by atoms with E-state index in [1.165, 1.54) is 19.5 Å². The number of carbonyl (C=O) groups excluding carboxylic acids is 2. The number of hydrogen-bond acceptors (Lipinski definition) is 7. The van der Waals surface area contributed by atoms with Crippen LogP contribution < -0.4 is 9.80 Å². The predicted octanol–water partition coefficient (Wildman–Crippen LogP) is 2.07. The van der Waals surface area contributed by atoms with Crippen LogP contribution in [0.4, 0.5) is 11.6 Å². The van der Waals surface area contributed by atoms with Gasteiger partial charge in [0.25, 0.3) is 5.91 Å². The van der Waals surface area contributed by atoms with Gasteiger partial charge in [0.2, 0.25) is 5.95 Å². The lowest BCUT2D eigenvalue weighted by Gasteiger charge is -2.37. The van der Waals surface area contributed by atoms with Crippen molar-refractivity contribution in [3.63, 3.8) is 0 Å². The van der Waals surface area contributed by atoms with Crippen LogP contribution in [0.15, 0.2) is 36.7 Å². The number of aromatic nitrogens is 2. The first-order chi connectivity index (χ1) is 13.9. The van der Waals surface area contributed by atoms with Gasteiger partial charge in [0.05, 0.1) is 12.7 Å². The third-order valence-electron chi connectivity index (χ3n) is 5.22. The molecule has 0 aliphatic carbocycles. The second-order valence-corrected chi connectivity index (χ2v) is 7.37. The summed E-state index contributed by atoms with van der Waals surface area (Å²) in [6.07, 6.45) is 4.80. The lowest BCUT2D eigenvalue weighted by Crippen LogP contribution is -2.49. The summed E-state index contributed by atoms with van der Waals surface area (Å²) in [4.78, 5) is 39.0. The molecule has 2 aromatic rings. The van der Waals surface area contributed by atoms with Crippen LogP contribution in [0.25, 0.3) is 0 Å². The number of ether oxygens (including phenoxy) is 1. The zero-order chi connectivity index (χ0) is 21.0. The number of likely N-dealkylation sites (N-methyl/N-ethyl adjacent to an activating group) is 1. The maximum absolute atomic E-state index is 13.0. The Labute approximate surface area is 171 Å². The average Bonchev–Trinajstić information content (AvgIpc) is 2.77. The van der Waals surface area contributed by atoms with Gasteiger partial charge in [-0.25, -0.2) is 14.8 Å². The van der Waals surface area contributed by atoms with E-state index in [0.29, 0.717) is 23.6 Å². The lowest BCUT2D eigenvalue weighted by molar-refractivity contribution is 0.0599. The third-order valence-corrected chi connectivity index (χ3v) is 5.22. The largest absolute Gasteiger partial charge is 0.465 e. The first-order valence-electron chi connectivity index (χ1n) is 9.60. The Morgan fingerprint density at radius 3 is 2.52 bits per heavy atom. The first-order valence-corrected chi connectivity index (χ1v) is 9.60. The van der Waals surface area contributed by atoms with Crippen molar-refractivity contribution in [2.75, 3.05) is 51.1 Å². The van der Waals surface area contributed by atoms with Gasteiger partial charge in [-0.3, -0.25) is 4.79 Å². The molecule has 154 valence electrons. The van der Waals surface area contributed by atoms with E-state index in [1.54, 1.807) is 0 Å². The van der Waals surface area contributed by atoms with E-state index in [2.05, 4.69) is 19.6 Å². The topological polar surface area (TPSA) is 78.9 Å². The number of benzene rings is 1. The fourth-order valence-electron chi connectivity index (χ4n) is 3.45. The van der Waals surface area contributed by atoms with Gasteiger partial charge >= 0.3 is 5.97 Å². The lowest BCUT2D eigenvalue weighted by atomic mass is 10.0. The van der Waals surface area contributed by atoms with E-state index in [0.717, 1.165) is 25.1 Å².